The zero-order valence-corrected chi connectivity index (χ0v) is 23.6. The van der Waals surface area contributed by atoms with E-state index in [-0.39, 0.29) is 5.02 Å². The summed E-state index contributed by atoms with van der Waals surface area (Å²) in [6, 6.07) is 2.09. The van der Waals surface area contributed by atoms with E-state index in [2.05, 4.69) is 4.74 Å². The van der Waals surface area contributed by atoms with Crippen molar-refractivity contribution in [3.05, 3.63) is 27.2 Å². The SMILES string of the molecule is COC(=O)[C@H](OC(C)=O)[C@@H](OC(C)=O)[C@H](OC(C)=O)[C@@H](COC(C)=O)OS(=O)(=O)c1c(Cl)cc(Cl)cc1Cl. The van der Waals surface area contributed by atoms with E-state index in [0.29, 0.717) is 0 Å². The van der Waals surface area contributed by atoms with Gasteiger partial charge in [0, 0.05) is 32.7 Å². The molecule has 38 heavy (non-hydrogen) atoms. The molecule has 4 atom stereocenters. The number of esters is 5. The number of carbonyl (C=O) groups excluding carboxylic acids is 5. The number of rotatable bonds is 12. The highest BCUT2D eigenvalue weighted by Gasteiger charge is 2.48. The van der Waals surface area contributed by atoms with Crippen molar-refractivity contribution in [1.82, 2.24) is 0 Å². The van der Waals surface area contributed by atoms with E-state index in [0.717, 1.165) is 46.9 Å². The summed E-state index contributed by atoms with van der Waals surface area (Å²) in [7, 11) is -4.06. The van der Waals surface area contributed by atoms with E-state index in [1.54, 1.807) is 0 Å². The summed E-state index contributed by atoms with van der Waals surface area (Å²) < 4.78 is 56.2. The second-order valence-electron chi connectivity index (χ2n) is 7.29. The molecule has 0 aliphatic heterocycles. The van der Waals surface area contributed by atoms with Crippen LogP contribution >= 0.6 is 34.8 Å². The van der Waals surface area contributed by atoms with Crippen LogP contribution in [0.1, 0.15) is 27.7 Å². The summed E-state index contributed by atoms with van der Waals surface area (Å²) in [6.07, 6.45) is -8.22. The minimum atomic E-state index is -4.97. The Hall–Kier alpha value is -2.65. The zero-order chi connectivity index (χ0) is 29.4. The predicted molar refractivity (Wildman–Crippen MR) is 129 cm³/mol. The molecule has 1 aromatic rings. The molecule has 0 amide bonds. The van der Waals surface area contributed by atoms with Crippen molar-refractivity contribution >= 4 is 74.8 Å². The van der Waals surface area contributed by atoms with Crippen LogP contribution in [0.25, 0.3) is 0 Å². The van der Waals surface area contributed by atoms with Crippen molar-refractivity contribution < 1.29 is 60.3 Å². The summed E-state index contributed by atoms with van der Waals surface area (Å²) >= 11 is 17.8. The number of hydrogen-bond donors (Lipinski definition) is 0. The van der Waals surface area contributed by atoms with Gasteiger partial charge < -0.3 is 23.7 Å². The van der Waals surface area contributed by atoms with E-state index in [1.165, 1.54) is 0 Å². The van der Waals surface area contributed by atoms with Crippen LogP contribution in [0.5, 0.6) is 0 Å². The Morgan fingerprint density at radius 2 is 1.26 bits per heavy atom. The van der Waals surface area contributed by atoms with Crippen LogP contribution in [-0.4, -0.2) is 76.4 Å². The van der Waals surface area contributed by atoms with Gasteiger partial charge in [0.05, 0.1) is 17.2 Å². The van der Waals surface area contributed by atoms with Crippen molar-refractivity contribution in [3.8, 4) is 0 Å². The fourth-order valence-corrected chi connectivity index (χ4v) is 5.50. The first-order valence-corrected chi connectivity index (χ1v) is 12.8. The number of methoxy groups -OCH3 is 1. The number of ether oxygens (including phenoxy) is 5. The Morgan fingerprint density at radius 1 is 0.789 bits per heavy atom. The third-order valence-corrected chi connectivity index (χ3v) is 6.71. The molecule has 0 bridgehead atoms. The maximum absolute atomic E-state index is 13.2. The average Bonchev–Trinajstić information content (AvgIpc) is 2.75. The fraction of sp³-hybridized carbons (Fsp3) is 0.476. The molecule has 0 aliphatic carbocycles. The monoisotopic (exact) mass is 620 g/mol. The van der Waals surface area contributed by atoms with Crippen molar-refractivity contribution in [3.63, 3.8) is 0 Å². The fourth-order valence-electron chi connectivity index (χ4n) is 2.94. The first kappa shape index (κ1) is 33.4. The third kappa shape index (κ3) is 9.91. The van der Waals surface area contributed by atoms with Crippen molar-refractivity contribution in [2.75, 3.05) is 13.7 Å². The van der Waals surface area contributed by atoms with E-state index in [9.17, 15) is 32.4 Å². The van der Waals surface area contributed by atoms with Crippen molar-refractivity contribution in [2.24, 2.45) is 0 Å². The van der Waals surface area contributed by atoms with Gasteiger partial charge in [0.15, 0.2) is 18.3 Å². The Morgan fingerprint density at radius 3 is 1.68 bits per heavy atom. The van der Waals surface area contributed by atoms with Gasteiger partial charge >= 0.3 is 29.8 Å². The van der Waals surface area contributed by atoms with Gasteiger partial charge in [-0.15, -0.1) is 0 Å². The molecular weight excluding hydrogens is 599 g/mol. The first-order valence-electron chi connectivity index (χ1n) is 10.3. The minimum absolute atomic E-state index is 0.00886. The minimum Gasteiger partial charge on any atom is -0.466 e. The maximum atomic E-state index is 13.2. The quantitative estimate of drug-likeness (QED) is 0.189. The lowest BCUT2D eigenvalue weighted by molar-refractivity contribution is -0.201. The Kier molecular flexibility index (Phi) is 12.7. The molecule has 0 aliphatic rings. The highest BCUT2D eigenvalue weighted by Crippen LogP contribution is 2.35. The van der Waals surface area contributed by atoms with Crippen molar-refractivity contribution in [2.45, 2.75) is 57.0 Å². The molecule has 1 aromatic carbocycles. The summed E-state index contributed by atoms with van der Waals surface area (Å²) in [6.45, 7) is 2.72. The molecule has 0 heterocycles. The highest BCUT2D eigenvalue weighted by atomic mass is 35.5. The second-order valence-corrected chi connectivity index (χ2v) is 10.1. The van der Waals surface area contributed by atoms with E-state index in [1.807, 2.05) is 0 Å². The van der Waals surface area contributed by atoms with Gasteiger partial charge in [-0.3, -0.25) is 23.4 Å². The number of halogens is 3. The van der Waals surface area contributed by atoms with Gasteiger partial charge in [-0.2, -0.15) is 8.42 Å². The molecule has 1 rings (SSSR count). The predicted octanol–water partition coefficient (Wildman–Crippen LogP) is 2.25. The summed E-state index contributed by atoms with van der Waals surface area (Å²) in [5, 5.41) is -0.922. The number of carbonyl (C=O) groups is 5. The van der Waals surface area contributed by atoms with Crippen LogP contribution < -0.4 is 0 Å². The van der Waals surface area contributed by atoms with E-state index >= 15 is 0 Å². The topological polar surface area (TPSA) is 175 Å². The molecule has 0 saturated carbocycles. The molecule has 0 aromatic heterocycles. The van der Waals surface area contributed by atoms with Gasteiger partial charge in [0.2, 0.25) is 6.10 Å². The average molecular weight is 622 g/mol. The second kappa shape index (κ2) is 14.5. The van der Waals surface area contributed by atoms with Gasteiger partial charge in [0.1, 0.15) is 11.5 Å². The van der Waals surface area contributed by atoms with Gasteiger partial charge in [-0.05, 0) is 12.1 Å². The third-order valence-electron chi connectivity index (χ3n) is 4.23. The molecule has 212 valence electrons. The molecule has 0 saturated heterocycles. The summed E-state index contributed by atoms with van der Waals surface area (Å²) in [5.74, 6) is -5.42. The summed E-state index contributed by atoms with van der Waals surface area (Å²) in [4.78, 5) is 58.8. The highest BCUT2D eigenvalue weighted by molar-refractivity contribution is 7.87. The lowest BCUT2D eigenvalue weighted by Gasteiger charge is -2.34. The van der Waals surface area contributed by atoms with Gasteiger partial charge in [-0.25, -0.2) is 4.79 Å². The number of hydrogen-bond acceptors (Lipinski definition) is 13. The molecule has 17 heteroatoms. The standard InChI is InChI=1S/C21H23Cl3O13S/c1-9(25)33-8-16(37-38(30,31)20-14(23)6-13(22)7-15(20)24)17(34-10(2)26)18(35-11(3)27)19(21(29)32-5)36-12(4)28/h6-7,16-19H,8H2,1-5H3/t16-,17-,18+,19-/m1/s1. The van der Waals surface area contributed by atoms with Crippen LogP contribution in [0.3, 0.4) is 0 Å². The van der Waals surface area contributed by atoms with E-state index < -0.39 is 85.9 Å². The van der Waals surface area contributed by atoms with E-state index in [4.69, 9.17) is 57.9 Å². The Labute approximate surface area is 232 Å². The Bertz CT molecular complexity index is 1160. The normalized spacial score (nSPS) is 14.3. The molecule has 0 unspecified atom stereocenters. The molecule has 13 nitrogen and oxygen atoms in total. The van der Waals surface area contributed by atoms with Gasteiger partial charge in [0.25, 0.3) is 10.1 Å². The Balaban J connectivity index is 3.78. The van der Waals surface area contributed by atoms with Crippen LogP contribution in [0.4, 0.5) is 0 Å². The summed E-state index contributed by atoms with van der Waals surface area (Å²) in [5.41, 5.74) is 0. The van der Waals surface area contributed by atoms with Crippen LogP contribution in [0.15, 0.2) is 17.0 Å². The zero-order valence-electron chi connectivity index (χ0n) is 20.5. The smallest absolute Gasteiger partial charge is 0.351 e. The molecule has 0 spiro atoms. The van der Waals surface area contributed by atoms with Crippen molar-refractivity contribution in [1.29, 1.82) is 0 Å². The number of benzene rings is 1. The lowest BCUT2D eigenvalue weighted by Crippen LogP contribution is -2.55. The first-order chi connectivity index (χ1) is 17.5. The molecule has 0 radical (unpaired) electrons. The van der Waals surface area contributed by atoms with Gasteiger partial charge in [-0.1, -0.05) is 34.8 Å². The molecule has 0 fully saturated rings. The lowest BCUT2D eigenvalue weighted by atomic mass is 10.0. The molecular formula is C21H23Cl3O13S. The van der Waals surface area contributed by atoms with Crippen LogP contribution in [0.2, 0.25) is 15.1 Å². The van der Waals surface area contributed by atoms with Crippen LogP contribution in [0, 0.1) is 0 Å². The largest absolute Gasteiger partial charge is 0.466 e. The maximum Gasteiger partial charge on any atom is 0.351 e. The molecule has 0 N–H and O–H groups in total. The van der Waals surface area contributed by atoms with Crippen LogP contribution in [-0.2, 0) is 62.0 Å².